The van der Waals surface area contributed by atoms with Gasteiger partial charge in [-0.1, -0.05) is 40.7 Å². The molecule has 0 spiro atoms. The summed E-state index contributed by atoms with van der Waals surface area (Å²) in [5, 5.41) is 0. The number of ether oxygens (including phenoxy) is 1. The van der Waals surface area contributed by atoms with Crippen LogP contribution in [0.2, 0.25) is 0 Å². The fourth-order valence-electron chi connectivity index (χ4n) is 5.17. The third-order valence-electron chi connectivity index (χ3n) is 6.63. The second-order valence-electron chi connectivity index (χ2n) is 8.56. The van der Waals surface area contributed by atoms with E-state index < -0.39 is 0 Å². The van der Waals surface area contributed by atoms with Gasteiger partial charge in [0, 0.05) is 11.8 Å². The Morgan fingerprint density at radius 2 is 1.87 bits per heavy atom. The summed E-state index contributed by atoms with van der Waals surface area (Å²) in [5.74, 6) is 2.34. The molecule has 0 bridgehead atoms. The molecule has 2 heteroatoms. The number of carbonyl (C=O) groups excluding carboxylic acids is 1. The van der Waals surface area contributed by atoms with Crippen molar-refractivity contribution in [2.45, 2.75) is 71.6 Å². The number of carbonyl (C=O) groups is 1. The Balaban J connectivity index is 2.15. The first-order chi connectivity index (χ1) is 10.7. The first-order valence-corrected chi connectivity index (χ1v) is 8.96. The lowest BCUT2D eigenvalue weighted by molar-refractivity contribution is -0.137. The third kappa shape index (κ3) is 2.33. The molecule has 1 unspecified atom stereocenters. The summed E-state index contributed by atoms with van der Waals surface area (Å²) < 4.78 is 5.70. The van der Waals surface area contributed by atoms with Gasteiger partial charge in [0.2, 0.25) is 0 Å². The van der Waals surface area contributed by atoms with Crippen LogP contribution < -0.4 is 4.74 Å². The molecule has 0 heterocycles. The van der Waals surface area contributed by atoms with E-state index >= 15 is 0 Å². The second-order valence-corrected chi connectivity index (χ2v) is 8.56. The van der Waals surface area contributed by atoms with Crippen molar-refractivity contribution in [3.63, 3.8) is 0 Å². The molecule has 2 aliphatic carbocycles. The zero-order chi connectivity index (χ0) is 17.0. The molecule has 3 rings (SSSR count). The average Bonchev–Trinajstić information content (AvgIpc) is 2.50. The van der Waals surface area contributed by atoms with E-state index in [2.05, 4.69) is 46.8 Å². The number of hydrogen-bond donors (Lipinski definition) is 0. The molecule has 1 saturated carbocycles. The third-order valence-corrected chi connectivity index (χ3v) is 6.63. The summed E-state index contributed by atoms with van der Waals surface area (Å²) >= 11 is 0. The standard InChI is InChI=1S/C21H30O2/c1-13(2)15-11-14-7-8-18-20(3,4)19(22)9-10-21(18,5)16(14)12-17(15)23-6/h11-13,18H,7-10H2,1-6H3/t18?,21-/m1/s1. The minimum absolute atomic E-state index is 0.0911. The zero-order valence-corrected chi connectivity index (χ0v) is 15.5. The van der Waals surface area contributed by atoms with Gasteiger partial charge in [-0.2, -0.15) is 0 Å². The van der Waals surface area contributed by atoms with Gasteiger partial charge < -0.3 is 4.74 Å². The Hall–Kier alpha value is -1.31. The molecule has 0 aromatic heterocycles. The number of aryl methyl sites for hydroxylation is 1. The highest BCUT2D eigenvalue weighted by molar-refractivity contribution is 5.86. The van der Waals surface area contributed by atoms with Crippen LogP contribution in [-0.4, -0.2) is 12.9 Å². The molecule has 0 aliphatic heterocycles. The average molecular weight is 314 g/mol. The molecule has 0 saturated heterocycles. The van der Waals surface area contributed by atoms with E-state index in [1.807, 2.05) is 0 Å². The number of methoxy groups -OCH3 is 1. The Morgan fingerprint density at radius 1 is 1.17 bits per heavy atom. The smallest absolute Gasteiger partial charge is 0.138 e. The summed E-state index contributed by atoms with van der Waals surface area (Å²) in [6.07, 6.45) is 3.87. The molecule has 0 amide bonds. The molecule has 1 fully saturated rings. The van der Waals surface area contributed by atoms with Crippen LogP contribution in [0.15, 0.2) is 12.1 Å². The quantitative estimate of drug-likeness (QED) is 0.765. The van der Waals surface area contributed by atoms with E-state index in [0.717, 1.165) is 25.0 Å². The molecule has 1 aromatic carbocycles. The van der Waals surface area contributed by atoms with E-state index in [1.165, 1.54) is 16.7 Å². The van der Waals surface area contributed by atoms with Gasteiger partial charge in [0.15, 0.2) is 0 Å². The minimum atomic E-state index is -0.214. The van der Waals surface area contributed by atoms with Crippen molar-refractivity contribution in [1.82, 2.24) is 0 Å². The van der Waals surface area contributed by atoms with Crippen molar-refractivity contribution >= 4 is 5.78 Å². The predicted molar refractivity (Wildman–Crippen MR) is 94.3 cm³/mol. The molecule has 126 valence electrons. The summed E-state index contributed by atoms with van der Waals surface area (Å²) in [7, 11) is 1.77. The minimum Gasteiger partial charge on any atom is -0.496 e. The van der Waals surface area contributed by atoms with Gasteiger partial charge in [0.05, 0.1) is 7.11 Å². The Kier molecular flexibility index (Phi) is 3.85. The SMILES string of the molecule is COc1cc2c(cc1C(C)C)CCC1C(C)(C)C(=O)CC[C@]21C. The molecule has 0 N–H and O–H groups in total. The van der Waals surface area contributed by atoms with Gasteiger partial charge >= 0.3 is 0 Å². The maximum Gasteiger partial charge on any atom is 0.138 e. The van der Waals surface area contributed by atoms with Gasteiger partial charge in [-0.15, -0.1) is 0 Å². The zero-order valence-electron chi connectivity index (χ0n) is 15.5. The van der Waals surface area contributed by atoms with Crippen LogP contribution in [0.25, 0.3) is 0 Å². The van der Waals surface area contributed by atoms with Crippen LogP contribution in [0.3, 0.4) is 0 Å². The molecular weight excluding hydrogens is 284 g/mol. The first kappa shape index (κ1) is 16.5. The van der Waals surface area contributed by atoms with Crippen molar-refractivity contribution in [1.29, 1.82) is 0 Å². The van der Waals surface area contributed by atoms with Gasteiger partial charge in [0.1, 0.15) is 11.5 Å². The number of ketones is 1. The lowest BCUT2D eigenvalue weighted by Gasteiger charge is -2.53. The van der Waals surface area contributed by atoms with Crippen LogP contribution in [-0.2, 0) is 16.6 Å². The highest BCUT2D eigenvalue weighted by atomic mass is 16.5. The van der Waals surface area contributed by atoms with Crippen molar-refractivity contribution in [2.24, 2.45) is 11.3 Å². The number of Topliss-reactive ketones (excluding diaryl/α,β-unsaturated/α-hetero) is 1. The van der Waals surface area contributed by atoms with Crippen molar-refractivity contribution < 1.29 is 9.53 Å². The lowest BCUT2D eigenvalue weighted by atomic mass is 9.50. The first-order valence-electron chi connectivity index (χ1n) is 8.96. The predicted octanol–water partition coefficient (Wildman–Crippen LogP) is 5.03. The maximum absolute atomic E-state index is 12.5. The van der Waals surface area contributed by atoms with E-state index in [9.17, 15) is 4.79 Å². The molecule has 2 atom stereocenters. The summed E-state index contributed by atoms with van der Waals surface area (Å²) in [6.45, 7) is 11.1. The van der Waals surface area contributed by atoms with Gasteiger partial charge in [-0.3, -0.25) is 4.79 Å². The molecule has 2 aliphatic rings. The molecule has 0 radical (unpaired) electrons. The van der Waals surface area contributed by atoms with Crippen molar-refractivity contribution in [3.8, 4) is 5.75 Å². The topological polar surface area (TPSA) is 26.3 Å². The molecule has 23 heavy (non-hydrogen) atoms. The van der Waals surface area contributed by atoms with Crippen LogP contribution in [0.5, 0.6) is 5.75 Å². The highest BCUT2D eigenvalue weighted by Crippen LogP contribution is 2.56. The molecular formula is C21H30O2. The monoisotopic (exact) mass is 314 g/mol. The van der Waals surface area contributed by atoms with E-state index in [1.54, 1.807) is 7.11 Å². The number of benzene rings is 1. The fourth-order valence-corrected chi connectivity index (χ4v) is 5.17. The van der Waals surface area contributed by atoms with E-state index in [4.69, 9.17) is 4.74 Å². The van der Waals surface area contributed by atoms with Crippen LogP contribution >= 0.6 is 0 Å². The van der Waals surface area contributed by atoms with Gasteiger partial charge in [-0.25, -0.2) is 0 Å². The second kappa shape index (κ2) is 5.36. The van der Waals surface area contributed by atoms with Crippen molar-refractivity contribution in [2.75, 3.05) is 7.11 Å². The number of rotatable bonds is 2. The number of fused-ring (bicyclic) bond motifs is 3. The highest BCUT2D eigenvalue weighted by Gasteiger charge is 2.53. The van der Waals surface area contributed by atoms with E-state index in [0.29, 0.717) is 24.0 Å². The normalized spacial score (nSPS) is 29.2. The van der Waals surface area contributed by atoms with Gasteiger partial charge in [0.25, 0.3) is 0 Å². The summed E-state index contributed by atoms with van der Waals surface area (Å²) in [6, 6.07) is 4.65. The number of hydrogen-bond acceptors (Lipinski definition) is 2. The molecule has 2 nitrogen and oxygen atoms in total. The summed E-state index contributed by atoms with van der Waals surface area (Å²) in [5.41, 5.74) is 4.08. The van der Waals surface area contributed by atoms with Crippen LogP contribution in [0.1, 0.15) is 76.5 Å². The maximum atomic E-state index is 12.5. The fraction of sp³-hybridized carbons (Fsp3) is 0.667. The Labute approximate surface area is 140 Å². The van der Waals surface area contributed by atoms with E-state index in [-0.39, 0.29) is 10.8 Å². The van der Waals surface area contributed by atoms with Crippen molar-refractivity contribution in [3.05, 3.63) is 28.8 Å². The largest absolute Gasteiger partial charge is 0.496 e. The Bertz CT molecular complexity index is 641. The Morgan fingerprint density at radius 3 is 2.48 bits per heavy atom. The van der Waals surface area contributed by atoms with Gasteiger partial charge in [-0.05, 0) is 59.3 Å². The van der Waals surface area contributed by atoms with Crippen LogP contribution in [0, 0.1) is 11.3 Å². The molecule has 1 aromatic rings. The lowest BCUT2D eigenvalue weighted by Crippen LogP contribution is -2.52. The van der Waals surface area contributed by atoms with Crippen LogP contribution in [0.4, 0.5) is 0 Å². The summed E-state index contributed by atoms with van der Waals surface area (Å²) in [4.78, 5) is 12.5.